The first-order valence-corrected chi connectivity index (χ1v) is 7.18. The van der Waals surface area contributed by atoms with Gasteiger partial charge in [-0.2, -0.15) is 5.26 Å². The van der Waals surface area contributed by atoms with Gasteiger partial charge in [0.15, 0.2) is 0 Å². The maximum Gasteiger partial charge on any atom is 0.242 e. The summed E-state index contributed by atoms with van der Waals surface area (Å²) in [7, 11) is -3.60. The predicted octanol–water partition coefficient (Wildman–Crippen LogP) is -0.0164. The van der Waals surface area contributed by atoms with E-state index in [0.717, 1.165) is 19.4 Å². The monoisotopic (exact) mass is 266 g/mol. The number of aromatic nitrogens is 1. The van der Waals surface area contributed by atoms with Crippen molar-refractivity contribution in [1.82, 2.24) is 15.0 Å². The van der Waals surface area contributed by atoms with E-state index in [4.69, 9.17) is 5.26 Å². The summed E-state index contributed by atoms with van der Waals surface area (Å²) in [6.07, 6.45) is 4.35. The Labute approximate surface area is 106 Å². The number of nitrogens with zero attached hydrogens (tertiary/aromatic N) is 2. The van der Waals surface area contributed by atoms with Gasteiger partial charge in [0, 0.05) is 25.0 Å². The van der Waals surface area contributed by atoms with Crippen molar-refractivity contribution in [1.29, 1.82) is 5.26 Å². The Bertz CT molecular complexity index is 559. The molecule has 0 saturated carbocycles. The lowest BCUT2D eigenvalue weighted by molar-refractivity contribution is 0.428. The van der Waals surface area contributed by atoms with Crippen LogP contribution in [-0.2, 0) is 10.0 Å². The summed E-state index contributed by atoms with van der Waals surface area (Å²) in [5, 5.41) is 11.9. The summed E-state index contributed by atoms with van der Waals surface area (Å²) >= 11 is 0. The van der Waals surface area contributed by atoms with Crippen LogP contribution in [0.2, 0.25) is 0 Å². The molecule has 7 heteroatoms. The van der Waals surface area contributed by atoms with E-state index in [1.54, 1.807) is 0 Å². The molecule has 2 N–H and O–H groups in total. The molecule has 0 unspecified atom stereocenters. The van der Waals surface area contributed by atoms with Crippen LogP contribution in [0.1, 0.15) is 18.4 Å². The van der Waals surface area contributed by atoms with Crippen molar-refractivity contribution in [2.45, 2.75) is 23.8 Å². The van der Waals surface area contributed by atoms with Crippen LogP contribution >= 0.6 is 0 Å². The quantitative estimate of drug-likeness (QED) is 0.802. The number of rotatable bonds is 3. The van der Waals surface area contributed by atoms with E-state index in [0.29, 0.717) is 6.54 Å². The smallest absolute Gasteiger partial charge is 0.242 e. The highest BCUT2D eigenvalue weighted by molar-refractivity contribution is 7.89. The highest BCUT2D eigenvalue weighted by Crippen LogP contribution is 2.11. The van der Waals surface area contributed by atoms with Crippen molar-refractivity contribution in [3.8, 4) is 6.07 Å². The SMILES string of the molecule is N#Cc1cncc(S(=O)(=O)N[C@@H]2CCCNC2)c1. The summed E-state index contributed by atoms with van der Waals surface area (Å²) in [6, 6.07) is 3.10. The molecule has 96 valence electrons. The van der Waals surface area contributed by atoms with Crippen LogP contribution in [0.5, 0.6) is 0 Å². The highest BCUT2D eigenvalue weighted by atomic mass is 32.2. The summed E-state index contributed by atoms with van der Waals surface area (Å²) in [4.78, 5) is 3.79. The van der Waals surface area contributed by atoms with Crippen molar-refractivity contribution in [3.63, 3.8) is 0 Å². The number of piperidine rings is 1. The number of hydrogen-bond donors (Lipinski definition) is 2. The molecular formula is C11H14N4O2S. The number of hydrogen-bond acceptors (Lipinski definition) is 5. The van der Waals surface area contributed by atoms with E-state index >= 15 is 0 Å². The van der Waals surface area contributed by atoms with Crippen molar-refractivity contribution >= 4 is 10.0 Å². The van der Waals surface area contributed by atoms with Gasteiger partial charge in [-0.05, 0) is 25.5 Å². The Balaban J connectivity index is 2.17. The molecule has 1 atom stereocenters. The second kappa shape index (κ2) is 5.44. The molecule has 1 aromatic heterocycles. The summed E-state index contributed by atoms with van der Waals surface area (Å²) in [5.74, 6) is 0. The van der Waals surface area contributed by atoms with Crippen molar-refractivity contribution < 1.29 is 8.42 Å². The molecule has 0 aliphatic carbocycles. The average Bonchev–Trinajstić information content (AvgIpc) is 2.39. The van der Waals surface area contributed by atoms with Crippen LogP contribution < -0.4 is 10.0 Å². The van der Waals surface area contributed by atoms with E-state index in [1.165, 1.54) is 18.5 Å². The second-order valence-corrected chi connectivity index (χ2v) is 5.90. The lowest BCUT2D eigenvalue weighted by Crippen LogP contribution is -2.45. The van der Waals surface area contributed by atoms with Gasteiger partial charge >= 0.3 is 0 Å². The fraction of sp³-hybridized carbons (Fsp3) is 0.455. The standard InChI is InChI=1S/C11H14N4O2S/c12-5-9-4-11(8-14-6-9)18(16,17)15-10-2-1-3-13-7-10/h4,6,8,10,13,15H,1-3,7H2/t10-/m1/s1. The van der Waals surface area contributed by atoms with Crippen LogP contribution in [0.25, 0.3) is 0 Å². The van der Waals surface area contributed by atoms with Crippen LogP contribution in [0.4, 0.5) is 0 Å². The van der Waals surface area contributed by atoms with Crippen LogP contribution in [0.15, 0.2) is 23.4 Å². The van der Waals surface area contributed by atoms with Crippen LogP contribution in [0, 0.1) is 11.3 Å². The predicted molar refractivity (Wildman–Crippen MR) is 65.2 cm³/mol. The number of nitriles is 1. The van der Waals surface area contributed by atoms with Gasteiger partial charge in [0.1, 0.15) is 11.0 Å². The molecule has 0 amide bonds. The number of sulfonamides is 1. The molecule has 0 spiro atoms. The first kappa shape index (κ1) is 13.0. The maximum atomic E-state index is 12.1. The minimum absolute atomic E-state index is 0.0344. The molecule has 2 heterocycles. The largest absolute Gasteiger partial charge is 0.315 e. The molecule has 1 aliphatic rings. The van der Waals surface area contributed by atoms with Gasteiger partial charge in [0.05, 0.1) is 5.56 Å². The molecule has 6 nitrogen and oxygen atoms in total. The molecule has 1 aliphatic heterocycles. The molecule has 2 rings (SSSR count). The first-order valence-electron chi connectivity index (χ1n) is 5.70. The average molecular weight is 266 g/mol. The van der Waals surface area contributed by atoms with Gasteiger partial charge < -0.3 is 5.32 Å². The van der Waals surface area contributed by atoms with E-state index in [-0.39, 0.29) is 16.5 Å². The zero-order valence-electron chi connectivity index (χ0n) is 9.76. The normalized spacial score (nSPS) is 20.3. The van der Waals surface area contributed by atoms with Gasteiger partial charge in [-0.25, -0.2) is 13.1 Å². The Morgan fingerprint density at radius 2 is 2.33 bits per heavy atom. The molecule has 1 saturated heterocycles. The molecule has 1 fully saturated rings. The van der Waals surface area contributed by atoms with Crippen LogP contribution in [0.3, 0.4) is 0 Å². The third kappa shape index (κ3) is 3.04. The summed E-state index contributed by atoms with van der Waals surface area (Å²) < 4.78 is 26.8. The first-order chi connectivity index (χ1) is 8.62. The Morgan fingerprint density at radius 1 is 1.50 bits per heavy atom. The Morgan fingerprint density at radius 3 is 3.00 bits per heavy atom. The highest BCUT2D eigenvalue weighted by Gasteiger charge is 2.22. The van der Waals surface area contributed by atoms with Crippen molar-refractivity contribution in [3.05, 3.63) is 24.0 Å². The minimum Gasteiger partial charge on any atom is -0.315 e. The van der Waals surface area contributed by atoms with Gasteiger partial charge in [0.25, 0.3) is 0 Å². The summed E-state index contributed by atoms with van der Waals surface area (Å²) in [6.45, 7) is 1.55. The van der Waals surface area contributed by atoms with Gasteiger partial charge in [0.2, 0.25) is 10.0 Å². The molecule has 0 aromatic carbocycles. The lowest BCUT2D eigenvalue weighted by atomic mass is 10.1. The fourth-order valence-electron chi connectivity index (χ4n) is 1.87. The molecule has 0 radical (unpaired) electrons. The molecular weight excluding hydrogens is 252 g/mol. The zero-order chi connectivity index (χ0) is 13.0. The van der Waals surface area contributed by atoms with E-state index in [2.05, 4.69) is 15.0 Å². The van der Waals surface area contributed by atoms with Gasteiger partial charge in [-0.15, -0.1) is 0 Å². The number of nitrogens with one attached hydrogen (secondary N) is 2. The zero-order valence-corrected chi connectivity index (χ0v) is 10.6. The van der Waals surface area contributed by atoms with Gasteiger partial charge in [-0.3, -0.25) is 4.98 Å². The van der Waals surface area contributed by atoms with Crippen molar-refractivity contribution in [2.24, 2.45) is 0 Å². The topological polar surface area (TPSA) is 94.9 Å². The molecule has 0 bridgehead atoms. The Hall–Kier alpha value is -1.49. The van der Waals surface area contributed by atoms with Crippen molar-refractivity contribution in [2.75, 3.05) is 13.1 Å². The Kier molecular flexibility index (Phi) is 3.91. The lowest BCUT2D eigenvalue weighted by Gasteiger charge is -2.23. The van der Waals surface area contributed by atoms with Gasteiger partial charge in [-0.1, -0.05) is 0 Å². The third-order valence-electron chi connectivity index (χ3n) is 2.77. The molecule has 18 heavy (non-hydrogen) atoms. The molecule has 1 aromatic rings. The fourth-order valence-corrected chi connectivity index (χ4v) is 3.12. The van der Waals surface area contributed by atoms with E-state index in [9.17, 15) is 8.42 Å². The second-order valence-electron chi connectivity index (χ2n) is 4.19. The van der Waals surface area contributed by atoms with Crippen LogP contribution in [-0.4, -0.2) is 32.5 Å². The maximum absolute atomic E-state index is 12.1. The van der Waals surface area contributed by atoms with E-state index in [1.807, 2.05) is 6.07 Å². The minimum atomic E-state index is -3.60. The summed E-state index contributed by atoms with van der Waals surface area (Å²) in [5.41, 5.74) is 0.236. The number of pyridine rings is 1. The van der Waals surface area contributed by atoms with E-state index < -0.39 is 10.0 Å². The third-order valence-corrected chi connectivity index (χ3v) is 4.26.